The Bertz CT molecular complexity index is 1290. The fraction of sp³-hybridized carbons (Fsp3) is 0.346. The van der Waals surface area contributed by atoms with E-state index >= 15 is 0 Å². The number of nitrogens with zero attached hydrogens (tertiary/aromatic N) is 1. The molecule has 204 valence electrons. The molecule has 0 saturated heterocycles. The summed E-state index contributed by atoms with van der Waals surface area (Å²) in [7, 11) is -4.15. The topological polar surface area (TPSA) is 133 Å². The molecule has 0 aliphatic carbocycles. The van der Waals surface area contributed by atoms with Gasteiger partial charge >= 0.3 is 13.6 Å². The zero-order valence-corrected chi connectivity index (χ0v) is 23.5. The Morgan fingerprint density at radius 2 is 1.74 bits per heavy atom. The Kier molecular flexibility index (Phi) is 9.67. The van der Waals surface area contributed by atoms with Crippen molar-refractivity contribution in [2.45, 2.75) is 40.7 Å². The van der Waals surface area contributed by atoms with E-state index in [-0.39, 0.29) is 30.5 Å². The van der Waals surface area contributed by atoms with Crippen LogP contribution in [0, 0.1) is 5.41 Å². The molecular weight excluding hydrogens is 531 g/mol. The first-order valence-electron chi connectivity index (χ1n) is 11.8. The minimum absolute atomic E-state index is 0.0485. The van der Waals surface area contributed by atoms with Crippen molar-refractivity contribution < 1.29 is 37.8 Å². The Hall–Kier alpha value is -3.24. The normalized spacial score (nSPS) is 13.0. The van der Waals surface area contributed by atoms with E-state index in [2.05, 4.69) is 10.3 Å². The molecule has 1 unspecified atom stereocenters. The summed E-state index contributed by atoms with van der Waals surface area (Å²) in [6, 6.07) is 10.6. The molecule has 2 N–H and O–H groups in total. The quantitative estimate of drug-likeness (QED) is 0.179. The summed E-state index contributed by atoms with van der Waals surface area (Å²) in [6.07, 6.45) is 1.46. The number of thiazole rings is 1. The Labute approximate surface area is 225 Å². The van der Waals surface area contributed by atoms with Gasteiger partial charge in [0, 0.05) is 23.2 Å². The van der Waals surface area contributed by atoms with Crippen LogP contribution in [0.2, 0.25) is 0 Å². The number of anilines is 1. The average molecular weight is 563 g/mol. The smallest absolute Gasteiger partial charge is 0.358 e. The molecule has 0 saturated carbocycles. The summed E-state index contributed by atoms with van der Waals surface area (Å²) < 4.78 is 34.4. The van der Waals surface area contributed by atoms with Crippen molar-refractivity contribution in [3.8, 4) is 17.2 Å². The molecule has 0 radical (unpaired) electrons. The van der Waals surface area contributed by atoms with Gasteiger partial charge in [0.2, 0.25) is 0 Å². The summed E-state index contributed by atoms with van der Waals surface area (Å²) in [5.41, 5.74) is -0.365. The summed E-state index contributed by atoms with van der Waals surface area (Å²) in [5, 5.41) is 4.99. The first-order valence-corrected chi connectivity index (χ1v) is 14.2. The number of aromatic nitrogens is 1. The van der Waals surface area contributed by atoms with E-state index in [1.54, 1.807) is 50.5 Å². The molecule has 3 rings (SSSR count). The maximum absolute atomic E-state index is 12.7. The number of rotatable bonds is 11. The van der Waals surface area contributed by atoms with Gasteiger partial charge in [-0.1, -0.05) is 0 Å². The van der Waals surface area contributed by atoms with Gasteiger partial charge in [0.15, 0.2) is 5.13 Å². The lowest BCUT2D eigenvalue weighted by Crippen LogP contribution is -2.24. The van der Waals surface area contributed by atoms with Gasteiger partial charge in [-0.2, -0.15) is 0 Å². The largest absolute Gasteiger partial charge is 0.491 e. The maximum atomic E-state index is 12.7. The first-order chi connectivity index (χ1) is 17.8. The number of amides is 1. The summed E-state index contributed by atoms with van der Waals surface area (Å²) >= 11 is 1.30. The second-order valence-corrected chi connectivity index (χ2v) is 12.2. The second kappa shape index (κ2) is 12.5. The second-order valence-electron chi connectivity index (χ2n) is 9.49. The van der Waals surface area contributed by atoms with E-state index in [4.69, 9.17) is 18.7 Å². The summed E-state index contributed by atoms with van der Waals surface area (Å²) in [5.74, 6) is 0.340. The molecule has 1 atom stereocenters. The Morgan fingerprint density at radius 1 is 1.05 bits per heavy atom. The van der Waals surface area contributed by atoms with E-state index in [1.165, 1.54) is 35.6 Å². The summed E-state index contributed by atoms with van der Waals surface area (Å²) in [4.78, 5) is 38.9. The molecule has 0 fully saturated rings. The van der Waals surface area contributed by atoms with Gasteiger partial charge < -0.3 is 23.6 Å². The van der Waals surface area contributed by atoms with Gasteiger partial charge in [-0.15, -0.1) is 11.3 Å². The molecule has 0 bridgehead atoms. The third-order valence-electron chi connectivity index (χ3n) is 4.76. The number of hydrogen-bond donors (Lipinski definition) is 2. The van der Waals surface area contributed by atoms with E-state index in [1.807, 2.05) is 13.8 Å². The number of benzene rings is 2. The molecule has 12 heteroatoms. The Balaban J connectivity index is 1.68. The van der Waals surface area contributed by atoms with Gasteiger partial charge in [-0.05, 0) is 71.0 Å². The molecule has 38 heavy (non-hydrogen) atoms. The van der Waals surface area contributed by atoms with Crippen LogP contribution in [0.1, 0.15) is 45.0 Å². The molecule has 1 aromatic heterocycles. The van der Waals surface area contributed by atoms with Crippen LogP contribution in [0.25, 0.3) is 0 Å². The van der Waals surface area contributed by atoms with E-state index < -0.39 is 19.0 Å². The number of carbonyl (C=O) groups excluding carboxylic acids is 2. The Morgan fingerprint density at radius 3 is 2.34 bits per heavy atom. The lowest BCUT2D eigenvalue weighted by atomic mass is 9.97. The van der Waals surface area contributed by atoms with Crippen LogP contribution < -0.4 is 20.1 Å². The molecule has 1 heterocycles. The maximum Gasteiger partial charge on any atom is 0.358 e. The van der Waals surface area contributed by atoms with Gasteiger partial charge in [-0.3, -0.25) is 19.5 Å². The van der Waals surface area contributed by atoms with Crippen LogP contribution in [-0.4, -0.2) is 41.1 Å². The van der Waals surface area contributed by atoms with Crippen LogP contribution in [0.15, 0.2) is 54.0 Å². The van der Waals surface area contributed by atoms with Crippen LogP contribution in [0.5, 0.6) is 17.2 Å². The third kappa shape index (κ3) is 8.66. The van der Waals surface area contributed by atoms with Crippen LogP contribution in [-0.2, 0) is 18.6 Å². The minimum atomic E-state index is -4.15. The molecule has 1 amide bonds. The van der Waals surface area contributed by atoms with Crippen molar-refractivity contribution in [2.24, 2.45) is 5.41 Å². The van der Waals surface area contributed by atoms with Crippen molar-refractivity contribution in [2.75, 3.05) is 18.5 Å². The highest BCUT2D eigenvalue weighted by molar-refractivity contribution is 7.61. The standard InChI is InChI=1S/C26H31N2O8PS/c1-17(2)35-20-14-18(23(29)28-25-27-10-13-38-25)15-21(16-20)36-19-6-8-22(9-7-19)37(31,32)34-12-11-33-24(30)26(3,4)5/h6-10,13-17H,11-12H2,1-5H3,(H,31,32)(H,27,28,29). The average Bonchev–Trinajstić information content (AvgIpc) is 3.34. The van der Waals surface area contributed by atoms with E-state index in [0.29, 0.717) is 27.9 Å². The molecule has 0 aliphatic heterocycles. The van der Waals surface area contributed by atoms with Gasteiger partial charge in [-0.25, -0.2) is 4.98 Å². The SMILES string of the molecule is CC(C)Oc1cc(Oc2ccc(P(=O)(O)OCCOC(=O)C(C)(C)C)cc2)cc(C(=O)Nc2nccs2)c1. The van der Waals surface area contributed by atoms with Crippen LogP contribution >= 0.6 is 18.9 Å². The lowest BCUT2D eigenvalue weighted by molar-refractivity contribution is -0.153. The number of ether oxygens (including phenoxy) is 3. The van der Waals surface area contributed by atoms with Crippen molar-refractivity contribution in [1.82, 2.24) is 4.98 Å². The predicted molar refractivity (Wildman–Crippen MR) is 145 cm³/mol. The van der Waals surface area contributed by atoms with Crippen LogP contribution in [0.4, 0.5) is 5.13 Å². The fourth-order valence-electron chi connectivity index (χ4n) is 2.98. The highest BCUT2D eigenvalue weighted by Gasteiger charge is 2.25. The predicted octanol–water partition coefficient (Wildman–Crippen LogP) is 5.39. The number of carbonyl (C=O) groups is 2. The minimum Gasteiger partial charge on any atom is -0.491 e. The fourth-order valence-corrected chi connectivity index (χ4v) is 4.50. The molecule has 0 spiro atoms. The van der Waals surface area contributed by atoms with Crippen molar-refractivity contribution in [3.63, 3.8) is 0 Å². The highest BCUT2D eigenvalue weighted by atomic mass is 32.1. The molecule has 10 nitrogen and oxygen atoms in total. The molecule has 2 aromatic carbocycles. The number of nitrogens with one attached hydrogen (secondary N) is 1. The molecule has 3 aromatic rings. The van der Waals surface area contributed by atoms with E-state index in [0.717, 1.165) is 0 Å². The van der Waals surface area contributed by atoms with Crippen molar-refractivity contribution in [3.05, 3.63) is 59.6 Å². The third-order valence-corrected chi connectivity index (χ3v) is 6.93. The van der Waals surface area contributed by atoms with Gasteiger partial charge in [0.1, 0.15) is 23.9 Å². The molecular formula is C26H31N2O8PS. The van der Waals surface area contributed by atoms with Gasteiger partial charge in [0.25, 0.3) is 5.91 Å². The highest BCUT2D eigenvalue weighted by Crippen LogP contribution is 2.41. The van der Waals surface area contributed by atoms with Gasteiger partial charge in [0.05, 0.1) is 23.4 Å². The lowest BCUT2D eigenvalue weighted by Gasteiger charge is -2.17. The van der Waals surface area contributed by atoms with Crippen LogP contribution in [0.3, 0.4) is 0 Å². The van der Waals surface area contributed by atoms with E-state index in [9.17, 15) is 19.0 Å². The zero-order valence-electron chi connectivity index (χ0n) is 21.8. The zero-order chi connectivity index (χ0) is 27.9. The number of esters is 1. The first kappa shape index (κ1) is 29.3. The monoisotopic (exact) mass is 562 g/mol. The summed E-state index contributed by atoms with van der Waals surface area (Å²) in [6.45, 7) is 8.49. The van der Waals surface area contributed by atoms with Crippen molar-refractivity contribution in [1.29, 1.82) is 0 Å². The van der Waals surface area contributed by atoms with Crippen molar-refractivity contribution >= 4 is 41.2 Å². The molecule has 0 aliphatic rings. The number of hydrogen-bond acceptors (Lipinski definition) is 9.